The summed E-state index contributed by atoms with van der Waals surface area (Å²) in [5.74, 6) is 0.287. The van der Waals surface area contributed by atoms with Crippen LogP contribution in [0.25, 0.3) is 10.9 Å². The smallest absolute Gasteiger partial charge is 0.256 e. The molecule has 124 valence electrons. The average Bonchev–Trinajstić information content (AvgIpc) is 2.81. The van der Waals surface area contributed by atoms with Crippen molar-refractivity contribution in [2.75, 3.05) is 5.32 Å². The Morgan fingerprint density at radius 2 is 1.92 bits per heavy atom. The largest absolute Gasteiger partial charge is 0.386 e. The van der Waals surface area contributed by atoms with E-state index in [0.717, 1.165) is 22.0 Å². The second-order valence-electron chi connectivity index (χ2n) is 6.60. The number of anilines is 1. The van der Waals surface area contributed by atoms with Crippen molar-refractivity contribution < 1.29 is 9.90 Å². The highest BCUT2D eigenvalue weighted by Gasteiger charge is 2.16. The number of pyridine rings is 1. The fourth-order valence-corrected chi connectivity index (χ4v) is 2.76. The molecule has 0 spiro atoms. The molecule has 5 nitrogen and oxygen atoms in total. The van der Waals surface area contributed by atoms with E-state index in [1.165, 1.54) is 0 Å². The molecule has 1 aromatic carbocycles. The summed E-state index contributed by atoms with van der Waals surface area (Å²) < 4.78 is 2.01. The molecular weight excluding hydrogens is 302 g/mol. The zero-order valence-electron chi connectivity index (χ0n) is 14.3. The maximum atomic E-state index is 12.4. The van der Waals surface area contributed by atoms with E-state index in [1.54, 1.807) is 44.3 Å². The van der Waals surface area contributed by atoms with Gasteiger partial charge in [-0.25, -0.2) is 4.98 Å². The van der Waals surface area contributed by atoms with Gasteiger partial charge >= 0.3 is 0 Å². The van der Waals surface area contributed by atoms with E-state index in [4.69, 9.17) is 0 Å². The van der Waals surface area contributed by atoms with Gasteiger partial charge < -0.3 is 15.0 Å². The van der Waals surface area contributed by atoms with Gasteiger partial charge in [0.1, 0.15) is 5.82 Å². The van der Waals surface area contributed by atoms with Crippen LogP contribution in [0.3, 0.4) is 0 Å². The highest BCUT2D eigenvalue weighted by Crippen LogP contribution is 2.22. The number of carbonyl (C=O) groups excluding carboxylic acids is 1. The van der Waals surface area contributed by atoms with Crippen molar-refractivity contribution >= 4 is 22.6 Å². The Hall–Kier alpha value is -2.66. The van der Waals surface area contributed by atoms with E-state index in [1.807, 2.05) is 30.8 Å². The monoisotopic (exact) mass is 323 g/mol. The van der Waals surface area contributed by atoms with Crippen molar-refractivity contribution in [2.24, 2.45) is 7.05 Å². The minimum atomic E-state index is -0.925. The van der Waals surface area contributed by atoms with Crippen LogP contribution in [-0.4, -0.2) is 20.6 Å². The molecule has 0 aliphatic rings. The van der Waals surface area contributed by atoms with Crippen molar-refractivity contribution in [3.8, 4) is 0 Å². The van der Waals surface area contributed by atoms with Gasteiger partial charge in [-0.2, -0.15) is 0 Å². The molecule has 0 unspecified atom stereocenters. The number of amides is 1. The standard InChI is InChI=1S/C19H21N3O2/c1-12-11-22(4)16-9-17(20-10-15(12)16)21-18(23)13-5-7-14(8-6-13)19(2,3)24/h5-11,24H,1-4H3,(H,20,21,23). The average molecular weight is 323 g/mol. The quantitative estimate of drug-likeness (QED) is 0.776. The van der Waals surface area contributed by atoms with Crippen molar-refractivity contribution in [3.05, 3.63) is 59.4 Å². The van der Waals surface area contributed by atoms with Gasteiger partial charge in [0.15, 0.2) is 0 Å². The van der Waals surface area contributed by atoms with Crippen LogP contribution in [0.1, 0.15) is 35.3 Å². The SMILES string of the molecule is Cc1cn(C)c2cc(NC(=O)c3ccc(C(C)(C)O)cc3)ncc12. The number of benzene rings is 1. The summed E-state index contributed by atoms with van der Waals surface area (Å²) in [5.41, 5.74) is 2.53. The number of nitrogens with one attached hydrogen (secondary N) is 1. The second-order valence-corrected chi connectivity index (χ2v) is 6.60. The molecule has 0 saturated heterocycles. The van der Waals surface area contributed by atoms with Crippen LogP contribution in [0, 0.1) is 6.92 Å². The molecule has 1 amide bonds. The molecule has 24 heavy (non-hydrogen) atoms. The van der Waals surface area contributed by atoms with Gasteiger partial charge in [0.25, 0.3) is 5.91 Å². The van der Waals surface area contributed by atoms with Crippen molar-refractivity contribution in [1.82, 2.24) is 9.55 Å². The summed E-state index contributed by atoms with van der Waals surface area (Å²) in [6, 6.07) is 8.78. The molecule has 0 radical (unpaired) electrons. The third kappa shape index (κ3) is 3.03. The lowest BCUT2D eigenvalue weighted by Crippen LogP contribution is -2.17. The topological polar surface area (TPSA) is 67.2 Å². The highest BCUT2D eigenvalue weighted by molar-refractivity contribution is 6.04. The molecule has 0 aliphatic heterocycles. The minimum Gasteiger partial charge on any atom is -0.386 e. The Balaban J connectivity index is 1.83. The molecule has 3 rings (SSSR count). The van der Waals surface area contributed by atoms with Crippen LogP contribution in [0.5, 0.6) is 0 Å². The third-order valence-electron chi connectivity index (χ3n) is 4.17. The molecule has 2 N–H and O–H groups in total. The molecule has 5 heteroatoms. The number of aryl methyl sites for hydroxylation is 2. The number of hydrogen-bond acceptors (Lipinski definition) is 3. The number of aromatic nitrogens is 2. The van der Waals surface area contributed by atoms with Crippen LogP contribution in [0.15, 0.2) is 42.7 Å². The first-order chi connectivity index (χ1) is 11.3. The first-order valence-corrected chi connectivity index (χ1v) is 7.81. The normalized spacial score (nSPS) is 11.7. The summed E-state index contributed by atoms with van der Waals surface area (Å²) in [7, 11) is 1.97. The molecule has 0 atom stereocenters. The summed E-state index contributed by atoms with van der Waals surface area (Å²) in [4.78, 5) is 16.7. The predicted molar refractivity (Wildman–Crippen MR) is 95.1 cm³/mol. The van der Waals surface area contributed by atoms with E-state index >= 15 is 0 Å². The van der Waals surface area contributed by atoms with Gasteiger partial charge in [0, 0.05) is 36.5 Å². The molecular formula is C19H21N3O2. The lowest BCUT2D eigenvalue weighted by Gasteiger charge is -2.17. The Morgan fingerprint density at radius 1 is 1.25 bits per heavy atom. The molecule has 0 aliphatic carbocycles. The molecule has 3 aromatic rings. The summed E-state index contributed by atoms with van der Waals surface area (Å²) in [6.07, 6.45) is 3.81. The van der Waals surface area contributed by atoms with Gasteiger partial charge in [0.2, 0.25) is 0 Å². The van der Waals surface area contributed by atoms with E-state index in [2.05, 4.69) is 10.3 Å². The summed E-state index contributed by atoms with van der Waals surface area (Å²) in [6.45, 7) is 5.46. The maximum Gasteiger partial charge on any atom is 0.256 e. The molecule has 0 fully saturated rings. The van der Waals surface area contributed by atoms with Crippen LogP contribution < -0.4 is 5.32 Å². The minimum absolute atomic E-state index is 0.227. The lowest BCUT2D eigenvalue weighted by atomic mass is 9.97. The van der Waals surface area contributed by atoms with Gasteiger partial charge in [-0.1, -0.05) is 12.1 Å². The van der Waals surface area contributed by atoms with Crippen molar-refractivity contribution in [2.45, 2.75) is 26.4 Å². The zero-order chi connectivity index (χ0) is 17.5. The Bertz CT molecular complexity index is 903. The Morgan fingerprint density at radius 3 is 2.54 bits per heavy atom. The molecule has 2 heterocycles. The first-order valence-electron chi connectivity index (χ1n) is 7.81. The predicted octanol–water partition coefficient (Wildman–Crippen LogP) is 3.36. The van der Waals surface area contributed by atoms with Gasteiger partial charge in [0.05, 0.1) is 11.1 Å². The van der Waals surface area contributed by atoms with Crippen LogP contribution >= 0.6 is 0 Å². The number of nitrogens with zero attached hydrogens (tertiary/aromatic N) is 2. The Kier molecular flexibility index (Phi) is 3.89. The van der Waals surface area contributed by atoms with E-state index < -0.39 is 5.60 Å². The molecule has 2 aromatic heterocycles. The first kappa shape index (κ1) is 16.2. The Labute approximate surface area is 141 Å². The maximum absolute atomic E-state index is 12.4. The third-order valence-corrected chi connectivity index (χ3v) is 4.17. The summed E-state index contributed by atoms with van der Waals surface area (Å²) in [5, 5.41) is 13.9. The zero-order valence-corrected chi connectivity index (χ0v) is 14.3. The molecule has 0 bridgehead atoms. The van der Waals surface area contributed by atoms with Crippen LogP contribution in [-0.2, 0) is 12.6 Å². The second kappa shape index (κ2) is 5.76. The summed E-state index contributed by atoms with van der Waals surface area (Å²) >= 11 is 0. The van der Waals surface area contributed by atoms with E-state index in [-0.39, 0.29) is 5.91 Å². The highest BCUT2D eigenvalue weighted by atomic mass is 16.3. The molecule has 0 saturated carbocycles. The number of rotatable bonds is 3. The fraction of sp³-hybridized carbons (Fsp3) is 0.263. The number of carbonyl (C=O) groups is 1. The van der Waals surface area contributed by atoms with Crippen LogP contribution in [0.2, 0.25) is 0 Å². The van der Waals surface area contributed by atoms with Gasteiger partial charge in [-0.05, 0) is 44.0 Å². The van der Waals surface area contributed by atoms with Crippen molar-refractivity contribution in [1.29, 1.82) is 0 Å². The van der Waals surface area contributed by atoms with Gasteiger partial charge in [-0.3, -0.25) is 4.79 Å². The fourth-order valence-electron chi connectivity index (χ4n) is 2.76. The number of hydrogen-bond donors (Lipinski definition) is 2. The number of aliphatic hydroxyl groups is 1. The van der Waals surface area contributed by atoms with Crippen LogP contribution in [0.4, 0.5) is 5.82 Å². The van der Waals surface area contributed by atoms with E-state index in [9.17, 15) is 9.90 Å². The van der Waals surface area contributed by atoms with Crippen molar-refractivity contribution in [3.63, 3.8) is 0 Å². The number of fused-ring (bicyclic) bond motifs is 1. The van der Waals surface area contributed by atoms with Gasteiger partial charge in [-0.15, -0.1) is 0 Å². The van der Waals surface area contributed by atoms with E-state index in [0.29, 0.717) is 11.4 Å². The lowest BCUT2D eigenvalue weighted by molar-refractivity contribution is 0.0785.